The normalized spacial score (nSPS) is 14.4. The van der Waals surface area contributed by atoms with Crippen molar-refractivity contribution < 1.29 is 19.7 Å². The Bertz CT molecular complexity index is 1470. The summed E-state index contributed by atoms with van der Waals surface area (Å²) in [6, 6.07) is 29.3. The highest BCUT2D eigenvalue weighted by atomic mass is 16.6. The minimum absolute atomic E-state index is 0.160. The molecule has 4 nitrogen and oxygen atoms in total. The van der Waals surface area contributed by atoms with Gasteiger partial charge in [-0.3, -0.25) is 0 Å². The molecule has 0 fully saturated rings. The fraction of sp³-hybridized carbons (Fsp3) is 0.0357. The zero-order valence-corrected chi connectivity index (χ0v) is 16.9. The molecule has 1 heterocycles. The average molecular weight is 418 g/mol. The van der Waals surface area contributed by atoms with Gasteiger partial charge in [-0.15, -0.1) is 0 Å². The molecule has 6 rings (SSSR count). The number of rotatable bonds is 2. The Morgan fingerprint density at radius 3 is 1.59 bits per heavy atom. The first-order chi connectivity index (χ1) is 15.6. The molecule has 0 spiro atoms. The van der Waals surface area contributed by atoms with E-state index in [4.69, 9.17) is 4.74 Å². The first-order valence-electron chi connectivity index (χ1n) is 10.4. The molecule has 0 aromatic heterocycles. The summed E-state index contributed by atoms with van der Waals surface area (Å²) >= 11 is 0. The number of cyclic esters (lactones) is 1. The van der Waals surface area contributed by atoms with Gasteiger partial charge in [0.05, 0.1) is 5.56 Å². The van der Waals surface area contributed by atoms with Crippen molar-refractivity contribution in [2.45, 2.75) is 5.60 Å². The number of carbonyl (C=O) groups excluding carboxylic acids is 1. The van der Waals surface area contributed by atoms with Gasteiger partial charge in [0.15, 0.2) is 5.60 Å². The lowest BCUT2D eigenvalue weighted by molar-refractivity contribution is 0.0260. The molecule has 1 aliphatic rings. The van der Waals surface area contributed by atoms with Crippen LogP contribution in [-0.2, 0) is 10.3 Å². The van der Waals surface area contributed by atoms with Crippen LogP contribution in [0.25, 0.3) is 21.5 Å². The van der Waals surface area contributed by atoms with E-state index in [1.807, 2.05) is 66.7 Å². The number of hydrogen-bond donors (Lipinski definition) is 2. The number of carbonyl (C=O) groups is 1. The Balaban J connectivity index is 1.82. The molecule has 32 heavy (non-hydrogen) atoms. The van der Waals surface area contributed by atoms with Crippen molar-refractivity contribution in [1.82, 2.24) is 0 Å². The summed E-state index contributed by atoms with van der Waals surface area (Å²) < 4.78 is 6.29. The van der Waals surface area contributed by atoms with E-state index in [9.17, 15) is 15.0 Å². The van der Waals surface area contributed by atoms with Crippen molar-refractivity contribution in [3.05, 3.63) is 119 Å². The Kier molecular flexibility index (Phi) is 3.80. The van der Waals surface area contributed by atoms with Gasteiger partial charge >= 0.3 is 5.97 Å². The van der Waals surface area contributed by atoms with Crippen LogP contribution in [0, 0.1) is 0 Å². The fourth-order valence-corrected chi connectivity index (χ4v) is 4.96. The topological polar surface area (TPSA) is 66.8 Å². The molecule has 0 unspecified atom stereocenters. The largest absolute Gasteiger partial charge is 0.507 e. The first kappa shape index (κ1) is 18.5. The summed E-state index contributed by atoms with van der Waals surface area (Å²) in [6.07, 6.45) is 0. The third-order valence-corrected chi connectivity index (χ3v) is 6.33. The van der Waals surface area contributed by atoms with Crippen LogP contribution in [0.2, 0.25) is 0 Å². The minimum atomic E-state index is -1.24. The van der Waals surface area contributed by atoms with E-state index in [1.165, 1.54) is 0 Å². The van der Waals surface area contributed by atoms with E-state index in [2.05, 4.69) is 0 Å². The molecule has 0 atom stereocenters. The number of phenols is 2. The number of hydrogen-bond acceptors (Lipinski definition) is 4. The third kappa shape index (κ3) is 2.35. The molecule has 0 saturated carbocycles. The molecule has 5 aromatic rings. The molecule has 0 saturated heterocycles. The molecule has 4 heteroatoms. The Morgan fingerprint density at radius 2 is 1.00 bits per heavy atom. The molecule has 0 aliphatic carbocycles. The second-order valence-electron chi connectivity index (χ2n) is 7.97. The van der Waals surface area contributed by atoms with Crippen molar-refractivity contribution >= 4 is 27.5 Å². The number of benzene rings is 5. The van der Waals surface area contributed by atoms with Crippen LogP contribution in [-0.4, -0.2) is 16.2 Å². The van der Waals surface area contributed by atoms with Gasteiger partial charge in [0.2, 0.25) is 0 Å². The van der Waals surface area contributed by atoms with E-state index < -0.39 is 11.6 Å². The van der Waals surface area contributed by atoms with Crippen LogP contribution in [0.3, 0.4) is 0 Å². The maximum atomic E-state index is 13.1. The highest BCUT2D eigenvalue weighted by Gasteiger charge is 2.50. The van der Waals surface area contributed by atoms with Gasteiger partial charge in [-0.05, 0) is 29.0 Å². The van der Waals surface area contributed by atoms with Crippen LogP contribution in [0.1, 0.15) is 27.0 Å². The van der Waals surface area contributed by atoms with Crippen molar-refractivity contribution in [3.8, 4) is 11.5 Å². The van der Waals surface area contributed by atoms with Gasteiger partial charge in [-0.2, -0.15) is 0 Å². The summed E-state index contributed by atoms with van der Waals surface area (Å²) in [6.45, 7) is 0. The van der Waals surface area contributed by atoms with E-state index in [0.717, 1.165) is 27.5 Å². The smallest absolute Gasteiger partial charge is 0.340 e. The van der Waals surface area contributed by atoms with Gasteiger partial charge in [0.1, 0.15) is 11.5 Å². The highest BCUT2D eigenvalue weighted by molar-refractivity contribution is 6.01. The fourth-order valence-electron chi connectivity index (χ4n) is 4.96. The number of ether oxygens (including phenoxy) is 1. The lowest BCUT2D eigenvalue weighted by atomic mass is 9.76. The maximum Gasteiger partial charge on any atom is 0.340 e. The molecule has 0 radical (unpaired) electrons. The van der Waals surface area contributed by atoms with E-state index in [-0.39, 0.29) is 11.5 Å². The molecule has 5 aromatic carbocycles. The van der Waals surface area contributed by atoms with Crippen molar-refractivity contribution in [2.75, 3.05) is 0 Å². The van der Waals surface area contributed by atoms with E-state index >= 15 is 0 Å². The van der Waals surface area contributed by atoms with Gasteiger partial charge in [-0.25, -0.2) is 4.79 Å². The summed E-state index contributed by atoms with van der Waals surface area (Å²) in [5, 5.41) is 23.9. The first-order valence-corrected chi connectivity index (χ1v) is 10.4. The monoisotopic (exact) mass is 418 g/mol. The molecule has 2 N–H and O–H groups in total. The lowest BCUT2D eigenvalue weighted by Gasteiger charge is -2.32. The van der Waals surface area contributed by atoms with Gasteiger partial charge in [0, 0.05) is 27.5 Å². The molecular formula is C28H18O4. The molecule has 0 amide bonds. The number of fused-ring (bicyclic) bond motifs is 3. The molecule has 1 aliphatic heterocycles. The predicted octanol–water partition coefficient (Wildman–Crippen LogP) is 5.87. The molecule has 154 valence electrons. The van der Waals surface area contributed by atoms with Crippen LogP contribution >= 0.6 is 0 Å². The van der Waals surface area contributed by atoms with Crippen LogP contribution in [0.15, 0.2) is 97.1 Å². The minimum Gasteiger partial charge on any atom is -0.507 e. The van der Waals surface area contributed by atoms with Crippen LogP contribution in [0.4, 0.5) is 0 Å². The van der Waals surface area contributed by atoms with E-state index in [1.54, 1.807) is 30.3 Å². The summed E-state index contributed by atoms with van der Waals surface area (Å²) in [5.41, 5.74) is 1.49. The van der Waals surface area contributed by atoms with Crippen molar-refractivity contribution in [2.24, 2.45) is 0 Å². The van der Waals surface area contributed by atoms with Gasteiger partial charge in [0.25, 0.3) is 0 Å². The number of phenolic OH excluding ortho intramolecular Hbond substituents is 2. The van der Waals surface area contributed by atoms with Gasteiger partial charge < -0.3 is 14.9 Å². The predicted molar refractivity (Wildman–Crippen MR) is 123 cm³/mol. The zero-order valence-electron chi connectivity index (χ0n) is 16.9. The van der Waals surface area contributed by atoms with Crippen LogP contribution in [0.5, 0.6) is 11.5 Å². The summed E-state index contributed by atoms with van der Waals surface area (Å²) in [7, 11) is 0. The maximum absolute atomic E-state index is 13.1. The van der Waals surface area contributed by atoms with E-state index in [0.29, 0.717) is 16.3 Å². The summed E-state index contributed by atoms with van der Waals surface area (Å²) in [4.78, 5) is 13.1. The second-order valence-corrected chi connectivity index (χ2v) is 7.97. The lowest BCUT2D eigenvalue weighted by Crippen LogP contribution is -2.30. The SMILES string of the molecule is O=C1OC(c2cccc3c(O)cccc23)(c2cccc3c(O)cccc23)c2ccccc21. The zero-order chi connectivity index (χ0) is 21.9. The molecular weight excluding hydrogens is 400 g/mol. The molecule has 0 bridgehead atoms. The average Bonchev–Trinajstić information content (AvgIpc) is 3.12. The van der Waals surface area contributed by atoms with Crippen LogP contribution < -0.4 is 0 Å². The number of aromatic hydroxyl groups is 2. The van der Waals surface area contributed by atoms with Crippen molar-refractivity contribution in [3.63, 3.8) is 0 Å². The summed E-state index contributed by atoms with van der Waals surface area (Å²) in [5.74, 6) is -0.0877. The standard InChI is InChI=1S/C28H18O4/c29-25-15-5-8-17-19(25)10-3-13-22(17)28(24-12-2-1-7-21(24)27(31)32-28)23-14-4-11-20-18(23)9-6-16-26(20)30/h1-16,29-30H. The highest BCUT2D eigenvalue weighted by Crippen LogP contribution is 2.51. The Hall–Kier alpha value is -4.31. The Labute approximate surface area is 183 Å². The van der Waals surface area contributed by atoms with Gasteiger partial charge in [-0.1, -0.05) is 78.9 Å². The quantitative estimate of drug-likeness (QED) is 0.352. The van der Waals surface area contributed by atoms with Crippen molar-refractivity contribution in [1.29, 1.82) is 0 Å². The second kappa shape index (κ2) is 6.59. The number of esters is 1. The Morgan fingerprint density at radius 1 is 0.531 bits per heavy atom. The third-order valence-electron chi connectivity index (χ3n) is 6.33.